The maximum Gasteiger partial charge on any atom is 0.365 e. The van der Waals surface area contributed by atoms with E-state index in [1.807, 2.05) is 13.0 Å². The van der Waals surface area contributed by atoms with Crippen LogP contribution >= 0.6 is 15.9 Å². The third-order valence-corrected chi connectivity index (χ3v) is 5.79. The fraction of sp³-hybridized carbons (Fsp3) is 0.500. The van der Waals surface area contributed by atoms with Gasteiger partial charge in [0.2, 0.25) is 5.83 Å². The summed E-state index contributed by atoms with van der Waals surface area (Å²) in [4.78, 5) is 11.2. The molecular weight excluding hydrogens is 411 g/mol. The van der Waals surface area contributed by atoms with E-state index in [1.54, 1.807) is 0 Å². The van der Waals surface area contributed by atoms with Crippen molar-refractivity contribution in [2.75, 3.05) is 6.61 Å². The molecule has 0 spiro atoms. The monoisotopic (exact) mass is 438 g/mol. The summed E-state index contributed by atoms with van der Waals surface area (Å²) in [7, 11) is 0. The lowest BCUT2D eigenvalue weighted by Gasteiger charge is -2.36. The molecule has 1 aliphatic carbocycles. The first-order chi connectivity index (χ1) is 12.5. The van der Waals surface area contributed by atoms with Gasteiger partial charge in [-0.1, -0.05) is 40.7 Å². The first kappa shape index (κ1) is 21.7. The van der Waals surface area contributed by atoms with Crippen LogP contribution in [0, 0.1) is 5.92 Å². The Bertz CT molecular complexity index is 819. The Labute approximate surface area is 169 Å². The van der Waals surface area contributed by atoms with Crippen LogP contribution in [0.25, 0.3) is 11.1 Å². The first-order valence-electron chi connectivity index (χ1n) is 9.33. The molecule has 0 saturated heterocycles. The van der Waals surface area contributed by atoms with Crippen LogP contribution in [0.15, 0.2) is 22.4 Å². The summed E-state index contributed by atoms with van der Waals surface area (Å²) < 4.78 is 21.0. The lowest BCUT2D eigenvalue weighted by atomic mass is 9.70. The Kier molecular flexibility index (Phi) is 6.56. The Hall–Kier alpha value is -1.62. The standard InChI is InChI=1S/C22H28BrFO3/c1-7-10-27-20-15(13(4)19(24)21(25)26)11-16-14(12(2)3)8-9-22(5,6)17(16)18(20)23/h8,11-12H,7,9-10H2,1-6H3,(H,25,26)/b19-13+. The number of benzene rings is 1. The fourth-order valence-electron chi connectivity index (χ4n) is 3.55. The van der Waals surface area contributed by atoms with Gasteiger partial charge in [-0.3, -0.25) is 0 Å². The molecule has 1 N–H and O–H groups in total. The van der Waals surface area contributed by atoms with Gasteiger partial charge >= 0.3 is 5.97 Å². The Morgan fingerprint density at radius 1 is 1.41 bits per heavy atom. The molecular formula is C22H28BrFO3. The SMILES string of the molecule is CCCOc1c(/C(C)=C(/F)C(=O)O)cc2c(c1Br)C(C)(C)CC=C2C(C)C. The van der Waals surface area contributed by atoms with E-state index in [0.717, 1.165) is 28.4 Å². The Morgan fingerprint density at radius 3 is 2.56 bits per heavy atom. The fourth-order valence-corrected chi connectivity index (χ4v) is 4.63. The van der Waals surface area contributed by atoms with Crippen molar-refractivity contribution >= 4 is 33.0 Å². The molecule has 0 atom stereocenters. The zero-order valence-electron chi connectivity index (χ0n) is 16.9. The van der Waals surface area contributed by atoms with Crippen molar-refractivity contribution in [2.24, 2.45) is 5.92 Å². The zero-order chi connectivity index (χ0) is 20.5. The second-order valence-corrected chi connectivity index (χ2v) is 8.78. The molecule has 0 fully saturated rings. The predicted molar refractivity (Wildman–Crippen MR) is 112 cm³/mol. The molecule has 0 aliphatic heterocycles. The molecule has 1 aliphatic rings. The number of fused-ring (bicyclic) bond motifs is 1. The highest BCUT2D eigenvalue weighted by molar-refractivity contribution is 9.10. The number of ether oxygens (including phenoxy) is 1. The third kappa shape index (κ3) is 4.13. The van der Waals surface area contributed by atoms with Gasteiger partial charge in [-0.25, -0.2) is 4.79 Å². The number of halogens is 2. The number of carbonyl (C=O) groups is 1. The average molecular weight is 439 g/mol. The topological polar surface area (TPSA) is 46.5 Å². The van der Waals surface area contributed by atoms with Gasteiger partial charge in [0.25, 0.3) is 0 Å². The van der Waals surface area contributed by atoms with Gasteiger partial charge in [-0.2, -0.15) is 4.39 Å². The van der Waals surface area contributed by atoms with Crippen LogP contribution < -0.4 is 4.74 Å². The minimum atomic E-state index is -1.57. The second kappa shape index (κ2) is 8.17. The largest absolute Gasteiger partial charge is 0.492 e. The molecule has 27 heavy (non-hydrogen) atoms. The molecule has 2 rings (SSSR count). The van der Waals surface area contributed by atoms with Crippen molar-refractivity contribution < 1.29 is 19.0 Å². The van der Waals surface area contributed by atoms with Gasteiger partial charge in [-0.05, 0) is 69.8 Å². The van der Waals surface area contributed by atoms with Gasteiger partial charge in [0.15, 0.2) is 0 Å². The van der Waals surface area contributed by atoms with Crippen molar-refractivity contribution in [3.63, 3.8) is 0 Å². The molecule has 0 radical (unpaired) electrons. The third-order valence-electron chi connectivity index (χ3n) is 5.04. The molecule has 0 amide bonds. The summed E-state index contributed by atoms with van der Waals surface area (Å²) in [5.74, 6) is -1.91. The predicted octanol–water partition coefficient (Wildman–Crippen LogP) is 6.74. The van der Waals surface area contributed by atoms with Gasteiger partial charge in [0, 0.05) is 11.1 Å². The van der Waals surface area contributed by atoms with Gasteiger partial charge < -0.3 is 9.84 Å². The van der Waals surface area contributed by atoms with Gasteiger partial charge in [0.05, 0.1) is 11.1 Å². The summed E-state index contributed by atoms with van der Waals surface area (Å²) in [6, 6.07) is 1.90. The van der Waals surface area contributed by atoms with E-state index in [2.05, 4.69) is 49.7 Å². The summed E-state index contributed by atoms with van der Waals surface area (Å²) in [5, 5.41) is 9.11. The number of hydrogen-bond donors (Lipinski definition) is 1. The summed E-state index contributed by atoms with van der Waals surface area (Å²) in [5.41, 5.74) is 3.80. The summed E-state index contributed by atoms with van der Waals surface area (Å²) in [6.45, 7) is 12.6. The molecule has 3 nitrogen and oxygen atoms in total. The molecule has 5 heteroatoms. The van der Waals surface area contributed by atoms with E-state index < -0.39 is 11.8 Å². The zero-order valence-corrected chi connectivity index (χ0v) is 18.5. The Balaban J connectivity index is 2.88. The van der Waals surface area contributed by atoms with Crippen molar-refractivity contribution in [1.82, 2.24) is 0 Å². The van der Waals surface area contributed by atoms with Crippen LogP contribution in [0.3, 0.4) is 0 Å². The van der Waals surface area contributed by atoms with E-state index in [9.17, 15) is 9.18 Å². The lowest BCUT2D eigenvalue weighted by Crippen LogP contribution is -2.24. The molecule has 0 bridgehead atoms. The second-order valence-electron chi connectivity index (χ2n) is 7.98. The smallest absolute Gasteiger partial charge is 0.365 e. The molecule has 1 aromatic rings. The highest BCUT2D eigenvalue weighted by atomic mass is 79.9. The summed E-state index contributed by atoms with van der Waals surface area (Å²) in [6.07, 6.45) is 3.94. The highest BCUT2D eigenvalue weighted by Gasteiger charge is 2.34. The normalized spacial score (nSPS) is 16.6. The average Bonchev–Trinajstić information content (AvgIpc) is 2.58. The van der Waals surface area contributed by atoms with Crippen LogP contribution in [0.5, 0.6) is 5.75 Å². The number of rotatable bonds is 6. The maximum absolute atomic E-state index is 14.3. The number of hydrogen-bond acceptors (Lipinski definition) is 2. The molecule has 0 saturated carbocycles. The molecule has 0 aromatic heterocycles. The minimum Gasteiger partial charge on any atom is -0.492 e. The van der Waals surface area contributed by atoms with Crippen molar-refractivity contribution in [2.45, 2.75) is 59.8 Å². The minimum absolute atomic E-state index is 0.0728. The van der Waals surface area contributed by atoms with Crippen LogP contribution in [-0.2, 0) is 10.2 Å². The van der Waals surface area contributed by atoms with Crippen LogP contribution in [0.2, 0.25) is 0 Å². The lowest BCUT2D eigenvalue weighted by molar-refractivity contribution is -0.134. The van der Waals surface area contributed by atoms with Crippen molar-refractivity contribution in [1.29, 1.82) is 0 Å². The Morgan fingerprint density at radius 2 is 2.04 bits per heavy atom. The van der Waals surface area contributed by atoms with Crippen molar-refractivity contribution in [3.8, 4) is 5.75 Å². The number of allylic oxidation sites excluding steroid dienone is 3. The molecule has 0 heterocycles. The van der Waals surface area contributed by atoms with E-state index in [1.165, 1.54) is 12.5 Å². The van der Waals surface area contributed by atoms with E-state index in [-0.39, 0.29) is 11.0 Å². The number of carboxylic acid groups (broad SMARTS) is 1. The molecule has 148 valence electrons. The van der Waals surface area contributed by atoms with Crippen LogP contribution in [0.1, 0.15) is 71.1 Å². The quantitative estimate of drug-likeness (QED) is 0.499. The summed E-state index contributed by atoms with van der Waals surface area (Å²) >= 11 is 3.71. The molecule has 0 unspecified atom stereocenters. The van der Waals surface area contributed by atoms with Crippen LogP contribution in [0.4, 0.5) is 4.39 Å². The first-order valence-corrected chi connectivity index (χ1v) is 10.1. The van der Waals surface area contributed by atoms with Crippen molar-refractivity contribution in [3.05, 3.63) is 39.1 Å². The van der Waals surface area contributed by atoms with E-state index in [0.29, 0.717) is 23.8 Å². The maximum atomic E-state index is 14.3. The molecule has 1 aromatic carbocycles. The highest BCUT2D eigenvalue weighted by Crippen LogP contribution is 2.50. The number of aliphatic carboxylic acids is 1. The van der Waals surface area contributed by atoms with E-state index >= 15 is 0 Å². The van der Waals surface area contributed by atoms with Gasteiger partial charge in [-0.15, -0.1) is 0 Å². The van der Waals surface area contributed by atoms with E-state index in [4.69, 9.17) is 9.84 Å². The van der Waals surface area contributed by atoms with Crippen LogP contribution in [-0.4, -0.2) is 17.7 Å². The van der Waals surface area contributed by atoms with Gasteiger partial charge in [0.1, 0.15) is 5.75 Å². The number of carboxylic acids is 1.